The van der Waals surface area contributed by atoms with Crippen molar-refractivity contribution in [1.82, 2.24) is 15.1 Å². The number of fused-ring (bicyclic) bond motifs is 6. The van der Waals surface area contributed by atoms with E-state index >= 15 is 0 Å². The molecule has 4 unspecified atom stereocenters. The number of nitrogens with zero attached hydrogens (tertiary/aromatic N) is 2. The summed E-state index contributed by atoms with van der Waals surface area (Å²) in [5, 5.41) is 5.95. The average molecular weight is 576 g/mol. The number of nitrogens with two attached hydrogens (primary N) is 1. The van der Waals surface area contributed by atoms with E-state index in [0.717, 1.165) is 30.5 Å². The van der Waals surface area contributed by atoms with Crippen LogP contribution in [0.2, 0.25) is 0 Å². The summed E-state index contributed by atoms with van der Waals surface area (Å²) in [6, 6.07) is 13.9. The van der Waals surface area contributed by atoms with E-state index < -0.39 is 0 Å². The summed E-state index contributed by atoms with van der Waals surface area (Å²) < 4.78 is 0. The topological polar surface area (TPSA) is 35.1 Å². The molecular formula is C31H58N4Y. The molecule has 0 spiro atoms. The zero-order valence-corrected chi connectivity index (χ0v) is 27.3. The van der Waals surface area contributed by atoms with Gasteiger partial charge in [0.1, 0.15) is 0 Å². The van der Waals surface area contributed by atoms with Crippen molar-refractivity contribution >= 4 is 0 Å². The van der Waals surface area contributed by atoms with Crippen molar-refractivity contribution in [2.24, 2.45) is 5.92 Å². The van der Waals surface area contributed by atoms with E-state index in [1.807, 2.05) is 12.1 Å². The molecule has 4 aliphatic heterocycles. The molecule has 1 aliphatic carbocycles. The second-order valence-corrected chi connectivity index (χ2v) is 10.9. The molecule has 0 aromatic heterocycles. The van der Waals surface area contributed by atoms with Gasteiger partial charge in [-0.1, -0.05) is 60.3 Å². The molecule has 2 bridgehead atoms. The fraction of sp³-hybridized carbons (Fsp3) is 0.806. The monoisotopic (exact) mass is 575 g/mol. The van der Waals surface area contributed by atoms with Gasteiger partial charge in [0.15, 0.2) is 0 Å². The van der Waals surface area contributed by atoms with Crippen molar-refractivity contribution < 1.29 is 38.0 Å². The van der Waals surface area contributed by atoms with Crippen molar-refractivity contribution in [2.45, 2.75) is 111 Å². The minimum Gasteiger partial charge on any atom is -0.344 e. The van der Waals surface area contributed by atoms with Gasteiger partial charge in [0.05, 0.1) is 19.1 Å². The van der Waals surface area contributed by atoms with Gasteiger partial charge in [-0.3, -0.25) is 9.80 Å². The van der Waals surface area contributed by atoms with Crippen LogP contribution < -0.4 is 10.6 Å². The number of rotatable bonds is 2. The molecule has 36 heavy (non-hydrogen) atoms. The fourth-order valence-corrected chi connectivity index (χ4v) is 5.96. The van der Waals surface area contributed by atoms with Crippen LogP contribution in [0.4, 0.5) is 0 Å². The molecule has 5 heteroatoms. The van der Waals surface area contributed by atoms with Crippen molar-refractivity contribution in [1.29, 1.82) is 0 Å². The molecule has 3 N–H and O–H groups in total. The number of hydrogen-bond acceptors (Lipinski definition) is 3. The maximum absolute atomic E-state index is 3.50. The predicted octanol–water partition coefficient (Wildman–Crippen LogP) is 4.74. The van der Waals surface area contributed by atoms with Gasteiger partial charge in [-0.15, -0.1) is 0 Å². The van der Waals surface area contributed by atoms with Crippen LogP contribution in [-0.2, 0) is 39.1 Å². The van der Waals surface area contributed by atoms with Crippen LogP contribution in [0.25, 0.3) is 0 Å². The van der Waals surface area contributed by atoms with E-state index in [4.69, 9.17) is 0 Å². The van der Waals surface area contributed by atoms with E-state index in [-0.39, 0.29) is 32.7 Å². The first-order valence-electron chi connectivity index (χ1n) is 15.1. The number of nitrogens with one attached hydrogen (secondary N) is 1. The van der Waals surface area contributed by atoms with Crippen LogP contribution in [-0.4, -0.2) is 73.7 Å². The first-order valence-corrected chi connectivity index (χ1v) is 15.1. The second kappa shape index (κ2) is 21.0. The molecule has 6 rings (SSSR count). The quantitative estimate of drug-likeness (QED) is 0.501. The Morgan fingerprint density at radius 3 is 2.25 bits per heavy atom. The van der Waals surface area contributed by atoms with E-state index in [2.05, 4.69) is 73.3 Å². The molecule has 0 amide bonds. The normalized spacial score (nSPS) is 27.7. The number of piperidine rings is 1. The Hall–Kier alpha value is 0.164. The molecule has 4 saturated heterocycles. The molecule has 4 nitrogen and oxygen atoms in total. The van der Waals surface area contributed by atoms with Crippen LogP contribution in [0.5, 0.6) is 0 Å². The first-order chi connectivity index (χ1) is 17.2. The zero-order valence-electron chi connectivity index (χ0n) is 24.5. The Bertz CT molecular complexity index is 596. The fourth-order valence-electron chi connectivity index (χ4n) is 5.96. The average Bonchev–Trinajstić information content (AvgIpc) is 3.68. The molecular weight excluding hydrogens is 517 g/mol. The summed E-state index contributed by atoms with van der Waals surface area (Å²) in [6.45, 7) is 20.0. The van der Waals surface area contributed by atoms with Gasteiger partial charge in [-0.2, -0.15) is 35.9 Å². The Balaban J connectivity index is 0.000000239. The molecule has 5 aliphatic rings. The summed E-state index contributed by atoms with van der Waals surface area (Å²) in [6.07, 6.45) is 12.4. The van der Waals surface area contributed by atoms with E-state index in [0.29, 0.717) is 0 Å². The molecule has 1 aromatic rings. The SMILES string of the molecule is C1CC2C[NH2+]CCN2C1.C1CN2C3CCC(C3)C2CN1.CCC.CCCC.CCc1cc[c-]cc1.[Y]. The maximum atomic E-state index is 3.50. The van der Waals surface area contributed by atoms with Gasteiger partial charge in [-0.05, 0) is 44.6 Å². The third-order valence-corrected chi connectivity index (χ3v) is 8.04. The van der Waals surface area contributed by atoms with Gasteiger partial charge in [0.25, 0.3) is 0 Å². The minimum absolute atomic E-state index is 0. The Morgan fingerprint density at radius 1 is 0.944 bits per heavy atom. The molecule has 1 saturated carbocycles. The number of unbranched alkanes of at least 4 members (excludes halogenated alkanes) is 1. The summed E-state index contributed by atoms with van der Waals surface area (Å²) in [4.78, 5) is 5.39. The van der Waals surface area contributed by atoms with Crippen molar-refractivity contribution in [3.63, 3.8) is 0 Å². The van der Waals surface area contributed by atoms with Crippen LogP contribution in [0, 0.1) is 12.0 Å². The van der Waals surface area contributed by atoms with Crippen LogP contribution in [0.3, 0.4) is 0 Å². The van der Waals surface area contributed by atoms with Gasteiger partial charge in [0.2, 0.25) is 0 Å². The smallest absolute Gasteiger partial charge is 0.0913 e. The van der Waals surface area contributed by atoms with Crippen molar-refractivity contribution in [3.05, 3.63) is 35.9 Å². The number of piperazine rings is 2. The standard InChI is InChI=1S/C9H16N2.C8H9.C7H14N2.C4H10.C3H8.Y/c1-2-8-5-7(1)9-6-10-3-4-11(8)9;1-2-8-6-4-3-5-7-8;1-2-7-6-8-3-5-9(7)4-1;1-3-4-2;1-3-2;/h7-10H,1-6H2;4-7H,2H2,1H3;7-8H,1-6H2;3-4H2,1-2H3;3H2,1-2H3;/q;-1;;;;/p+1. The Kier molecular flexibility index (Phi) is 20.0. The van der Waals surface area contributed by atoms with Gasteiger partial charge < -0.3 is 10.6 Å². The Labute approximate surface area is 250 Å². The predicted molar refractivity (Wildman–Crippen MR) is 152 cm³/mol. The Morgan fingerprint density at radius 2 is 1.67 bits per heavy atom. The number of quaternary nitrogens is 1. The number of aryl methyl sites for hydroxylation is 1. The van der Waals surface area contributed by atoms with Crippen LogP contribution in [0.15, 0.2) is 24.3 Å². The summed E-state index contributed by atoms with van der Waals surface area (Å²) in [7, 11) is 0. The summed E-state index contributed by atoms with van der Waals surface area (Å²) in [5.74, 6) is 1.05. The number of hydrogen-bond donors (Lipinski definition) is 2. The molecule has 1 radical (unpaired) electrons. The molecule has 4 atom stereocenters. The number of benzene rings is 1. The third kappa shape index (κ3) is 11.9. The molecule has 4 heterocycles. The third-order valence-electron chi connectivity index (χ3n) is 8.04. The zero-order chi connectivity index (χ0) is 25.3. The summed E-state index contributed by atoms with van der Waals surface area (Å²) in [5.41, 5.74) is 1.38. The maximum Gasteiger partial charge on any atom is 0.0913 e. The first kappa shape index (κ1) is 34.2. The molecule has 1 aromatic carbocycles. The van der Waals surface area contributed by atoms with Crippen molar-refractivity contribution in [3.8, 4) is 0 Å². The van der Waals surface area contributed by atoms with Gasteiger partial charge in [0, 0.05) is 71.0 Å². The van der Waals surface area contributed by atoms with Crippen LogP contribution >= 0.6 is 0 Å². The van der Waals surface area contributed by atoms with Crippen molar-refractivity contribution in [2.75, 3.05) is 45.8 Å². The molecule has 205 valence electrons. The van der Waals surface area contributed by atoms with E-state index in [1.165, 1.54) is 103 Å². The second-order valence-electron chi connectivity index (χ2n) is 10.9. The van der Waals surface area contributed by atoms with Crippen LogP contribution in [0.1, 0.15) is 91.5 Å². The summed E-state index contributed by atoms with van der Waals surface area (Å²) >= 11 is 0. The van der Waals surface area contributed by atoms with E-state index in [9.17, 15) is 0 Å². The largest absolute Gasteiger partial charge is 0.344 e. The van der Waals surface area contributed by atoms with E-state index in [1.54, 1.807) is 0 Å². The minimum atomic E-state index is 0. The van der Waals surface area contributed by atoms with Gasteiger partial charge in [-0.25, -0.2) is 0 Å². The van der Waals surface area contributed by atoms with Gasteiger partial charge >= 0.3 is 0 Å². The molecule has 5 fully saturated rings.